The molecular formula is C8H12N4O2. The quantitative estimate of drug-likeness (QED) is 0.464. The molecule has 1 heterocycles. The van der Waals surface area contributed by atoms with Gasteiger partial charge in [-0.05, 0) is 0 Å². The summed E-state index contributed by atoms with van der Waals surface area (Å²) in [6.45, 7) is 1.03. The highest BCUT2D eigenvalue weighted by molar-refractivity contribution is 5.96. The molecule has 0 aliphatic carbocycles. The average molecular weight is 196 g/mol. The maximum atomic E-state index is 11.6. The largest absolute Gasteiger partial charge is 0.382 e. The van der Waals surface area contributed by atoms with Crippen molar-refractivity contribution < 1.29 is 9.73 Å². The van der Waals surface area contributed by atoms with Gasteiger partial charge in [0.1, 0.15) is 11.6 Å². The molecule has 0 aromatic carbocycles. The monoisotopic (exact) mass is 196 g/mol. The maximum absolute atomic E-state index is 11.6. The van der Waals surface area contributed by atoms with E-state index in [1.807, 2.05) is 6.07 Å². The molecule has 0 spiro atoms. The molecule has 1 amide bonds. The van der Waals surface area contributed by atoms with Crippen molar-refractivity contribution in [2.45, 2.75) is 0 Å². The van der Waals surface area contributed by atoms with Crippen LogP contribution in [0.4, 0.5) is 0 Å². The highest BCUT2D eigenvalue weighted by Crippen LogP contribution is 2.04. The van der Waals surface area contributed by atoms with Crippen molar-refractivity contribution in [3.05, 3.63) is 11.8 Å². The van der Waals surface area contributed by atoms with Crippen molar-refractivity contribution in [2.24, 2.45) is 0 Å². The standard InChI is InChI=1S/C8H12N4O2/c1-11(2)6-7(5-9)8(13)12-4-3-10-14-12/h6,10H,3-4H2,1-2H3/b7-6+. The number of nitrogens with one attached hydrogen (secondary N) is 1. The van der Waals surface area contributed by atoms with Crippen LogP contribution >= 0.6 is 0 Å². The van der Waals surface area contributed by atoms with E-state index in [9.17, 15) is 4.79 Å². The summed E-state index contributed by atoms with van der Waals surface area (Å²) in [6, 6.07) is 1.83. The van der Waals surface area contributed by atoms with E-state index < -0.39 is 5.91 Å². The molecule has 0 bridgehead atoms. The Hall–Kier alpha value is -1.58. The van der Waals surface area contributed by atoms with Gasteiger partial charge >= 0.3 is 0 Å². The summed E-state index contributed by atoms with van der Waals surface area (Å²) in [6.07, 6.45) is 1.46. The topological polar surface area (TPSA) is 68.6 Å². The van der Waals surface area contributed by atoms with Crippen molar-refractivity contribution in [3.63, 3.8) is 0 Å². The number of carbonyl (C=O) groups is 1. The van der Waals surface area contributed by atoms with Crippen molar-refractivity contribution in [3.8, 4) is 6.07 Å². The molecule has 0 unspecified atom stereocenters. The lowest BCUT2D eigenvalue weighted by atomic mass is 10.3. The van der Waals surface area contributed by atoms with E-state index in [1.165, 1.54) is 6.20 Å². The molecule has 1 aliphatic rings. The van der Waals surface area contributed by atoms with Crippen LogP contribution in [0.15, 0.2) is 11.8 Å². The van der Waals surface area contributed by atoms with Gasteiger partial charge in [0.05, 0.1) is 6.54 Å². The molecule has 0 saturated carbocycles. The molecule has 6 heteroatoms. The third-order valence-electron chi connectivity index (χ3n) is 1.56. The molecule has 1 fully saturated rings. The van der Waals surface area contributed by atoms with Crippen molar-refractivity contribution in [1.82, 2.24) is 15.4 Å². The van der Waals surface area contributed by atoms with E-state index in [4.69, 9.17) is 10.2 Å². The summed E-state index contributed by atoms with van der Waals surface area (Å²) in [4.78, 5) is 18.0. The van der Waals surface area contributed by atoms with E-state index in [0.29, 0.717) is 13.1 Å². The SMILES string of the molecule is CN(C)/C=C(\C#N)C(=O)N1CCNO1. The molecule has 1 aliphatic heterocycles. The fourth-order valence-electron chi connectivity index (χ4n) is 0.984. The van der Waals surface area contributed by atoms with Gasteiger partial charge in [0.2, 0.25) is 0 Å². The summed E-state index contributed by atoms with van der Waals surface area (Å²) in [5, 5.41) is 9.86. The van der Waals surface area contributed by atoms with Crippen LogP contribution in [-0.4, -0.2) is 43.1 Å². The van der Waals surface area contributed by atoms with E-state index in [0.717, 1.165) is 5.06 Å². The van der Waals surface area contributed by atoms with Crippen LogP contribution < -0.4 is 5.48 Å². The molecule has 6 nitrogen and oxygen atoms in total. The smallest absolute Gasteiger partial charge is 0.291 e. The van der Waals surface area contributed by atoms with E-state index in [1.54, 1.807) is 19.0 Å². The molecule has 1 N–H and O–H groups in total. The number of hydroxylamine groups is 3. The third kappa shape index (κ3) is 2.45. The highest BCUT2D eigenvalue weighted by Gasteiger charge is 2.23. The van der Waals surface area contributed by atoms with E-state index in [2.05, 4.69) is 5.48 Å². The molecule has 1 rings (SSSR count). The van der Waals surface area contributed by atoms with Gasteiger partial charge in [0.25, 0.3) is 5.91 Å². The van der Waals surface area contributed by atoms with Crippen LogP contribution in [0.1, 0.15) is 0 Å². The van der Waals surface area contributed by atoms with Gasteiger partial charge in [-0.1, -0.05) is 0 Å². The van der Waals surface area contributed by atoms with Crippen LogP contribution in [0.5, 0.6) is 0 Å². The number of carbonyl (C=O) groups excluding carboxylic acids is 1. The minimum atomic E-state index is -0.425. The van der Waals surface area contributed by atoms with Crippen LogP contribution in [0.3, 0.4) is 0 Å². The number of rotatable bonds is 2. The Kier molecular flexibility index (Phi) is 3.45. The van der Waals surface area contributed by atoms with Gasteiger partial charge in [-0.25, -0.2) is 0 Å². The summed E-state index contributed by atoms with van der Waals surface area (Å²) in [5.74, 6) is -0.425. The number of nitriles is 1. The molecule has 0 aromatic heterocycles. The second kappa shape index (κ2) is 4.60. The summed E-state index contributed by atoms with van der Waals surface area (Å²) < 4.78 is 0. The minimum absolute atomic E-state index is 0.0544. The fourth-order valence-corrected chi connectivity index (χ4v) is 0.984. The zero-order valence-electron chi connectivity index (χ0n) is 8.15. The van der Waals surface area contributed by atoms with Gasteiger partial charge in [0, 0.05) is 26.8 Å². The zero-order valence-corrected chi connectivity index (χ0v) is 8.15. The Morgan fingerprint density at radius 1 is 1.71 bits per heavy atom. The normalized spacial score (nSPS) is 16.6. The van der Waals surface area contributed by atoms with Gasteiger partial charge in [0.15, 0.2) is 0 Å². The summed E-state index contributed by atoms with van der Waals surface area (Å²) in [5.41, 5.74) is 2.59. The highest BCUT2D eigenvalue weighted by atomic mass is 16.8. The van der Waals surface area contributed by atoms with Gasteiger partial charge in [-0.2, -0.15) is 20.7 Å². The second-order valence-electron chi connectivity index (χ2n) is 3.01. The lowest BCUT2D eigenvalue weighted by molar-refractivity contribution is -0.180. The first-order valence-corrected chi connectivity index (χ1v) is 4.15. The molecule has 0 aromatic rings. The van der Waals surface area contributed by atoms with Crippen molar-refractivity contribution >= 4 is 5.91 Å². The fraction of sp³-hybridized carbons (Fsp3) is 0.500. The first kappa shape index (κ1) is 10.5. The second-order valence-corrected chi connectivity index (χ2v) is 3.01. The van der Waals surface area contributed by atoms with Crippen LogP contribution in [0, 0.1) is 11.3 Å². The van der Waals surface area contributed by atoms with Crippen molar-refractivity contribution in [2.75, 3.05) is 27.2 Å². The van der Waals surface area contributed by atoms with Crippen molar-refractivity contribution in [1.29, 1.82) is 5.26 Å². The minimum Gasteiger partial charge on any atom is -0.382 e. The molecule has 1 saturated heterocycles. The van der Waals surface area contributed by atoms with E-state index >= 15 is 0 Å². The Morgan fingerprint density at radius 2 is 2.43 bits per heavy atom. The Labute approximate surface area is 82.2 Å². The zero-order chi connectivity index (χ0) is 10.6. The third-order valence-corrected chi connectivity index (χ3v) is 1.56. The number of nitrogens with zero attached hydrogens (tertiary/aromatic N) is 3. The van der Waals surface area contributed by atoms with Gasteiger partial charge in [-0.15, -0.1) is 0 Å². The molecule has 76 valence electrons. The van der Waals surface area contributed by atoms with Crippen LogP contribution in [-0.2, 0) is 9.73 Å². The first-order valence-electron chi connectivity index (χ1n) is 4.15. The molecule has 14 heavy (non-hydrogen) atoms. The first-order chi connectivity index (χ1) is 6.65. The summed E-state index contributed by atoms with van der Waals surface area (Å²) in [7, 11) is 3.49. The lowest BCUT2D eigenvalue weighted by Crippen LogP contribution is -2.29. The predicted octanol–water partition coefficient (Wildman–Crippen LogP) is -0.766. The molecule has 0 atom stereocenters. The number of hydrogen-bond donors (Lipinski definition) is 1. The Balaban J connectivity index is 2.70. The maximum Gasteiger partial charge on any atom is 0.291 e. The average Bonchev–Trinajstić information content (AvgIpc) is 2.65. The predicted molar refractivity (Wildman–Crippen MR) is 48.2 cm³/mol. The molecular weight excluding hydrogens is 184 g/mol. The molecule has 0 radical (unpaired) electrons. The lowest BCUT2D eigenvalue weighted by Gasteiger charge is -2.12. The summed E-state index contributed by atoms with van der Waals surface area (Å²) >= 11 is 0. The Bertz CT molecular complexity index is 286. The number of amides is 1. The van der Waals surface area contributed by atoms with E-state index in [-0.39, 0.29) is 5.57 Å². The van der Waals surface area contributed by atoms with Gasteiger partial charge in [-0.3, -0.25) is 4.79 Å². The Morgan fingerprint density at radius 3 is 2.86 bits per heavy atom. The van der Waals surface area contributed by atoms with Gasteiger partial charge < -0.3 is 4.90 Å². The number of hydrogen-bond acceptors (Lipinski definition) is 5. The van der Waals surface area contributed by atoms with Crippen LogP contribution in [0.2, 0.25) is 0 Å². The van der Waals surface area contributed by atoms with Crippen LogP contribution in [0.25, 0.3) is 0 Å².